The fourth-order valence-corrected chi connectivity index (χ4v) is 4.40. The first-order chi connectivity index (χ1) is 8.02. The van der Waals surface area contributed by atoms with Crippen LogP contribution in [0.15, 0.2) is 12.3 Å². The van der Waals surface area contributed by atoms with Crippen molar-refractivity contribution in [3.63, 3.8) is 0 Å². The molecule has 2 heterocycles. The summed E-state index contributed by atoms with van der Waals surface area (Å²) >= 11 is 1.96. The number of rotatable bonds is 5. The molecule has 0 aromatic carbocycles. The zero-order valence-corrected chi connectivity index (χ0v) is 11.1. The molecule has 2 rings (SSSR count). The van der Waals surface area contributed by atoms with Crippen LogP contribution in [-0.4, -0.2) is 28.6 Å². The van der Waals surface area contributed by atoms with Gasteiger partial charge in [-0.25, -0.2) is 4.79 Å². The maximum atomic E-state index is 11.4. The Hall–Kier alpha value is -0.840. The van der Waals surface area contributed by atoms with Crippen LogP contribution in [-0.2, 0) is 0 Å². The third-order valence-electron chi connectivity index (χ3n) is 3.76. The molecule has 2 saturated heterocycles. The summed E-state index contributed by atoms with van der Waals surface area (Å²) in [7, 11) is 0. The number of amides is 2. The van der Waals surface area contributed by atoms with Gasteiger partial charge in [-0.05, 0) is 26.2 Å². The quantitative estimate of drug-likeness (QED) is 0.516. The summed E-state index contributed by atoms with van der Waals surface area (Å²) in [6.07, 6.45) is 4.27. The predicted molar refractivity (Wildman–Crippen MR) is 71.9 cm³/mol. The van der Waals surface area contributed by atoms with Crippen LogP contribution in [0.2, 0.25) is 0 Å². The van der Waals surface area contributed by atoms with Crippen molar-refractivity contribution in [3.05, 3.63) is 12.3 Å². The maximum absolute atomic E-state index is 11.4. The average Bonchev–Trinajstić information content (AvgIpc) is 2.66. The van der Waals surface area contributed by atoms with Crippen LogP contribution < -0.4 is 16.4 Å². The summed E-state index contributed by atoms with van der Waals surface area (Å²) < 4.78 is 0. The minimum atomic E-state index is -0.0680. The number of carbonyl (C=O) groups is 1. The molecular weight excluding hydrogens is 234 g/mol. The van der Waals surface area contributed by atoms with Gasteiger partial charge in [0.1, 0.15) is 0 Å². The first-order valence-corrected chi connectivity index (χ1v) is 7.21. The molecule has 4 nitrogen and oxygen atoms in total. The molecule has 0 spiro atoms. The van der Waals surface area contributed by atoms with E-state index in [1.165, 1.54) is 0 Å². The molecule has 2 fully saturated rings. The van der Waals surface area contributed by atoms with Gasteiger partial charge in [-0.15, -0.1) is 0 Å². The first kappa shape index (κ1) is 12.6. The molecule has 0 aromatic heterocycles. The second-order valence-electron chi connectivity index (χ2n) is 5.16. The lowest BCUT2D eigenvalue weighted by Crippen LogP contribution is -2.50. The number of allylic oxidation sites excluding steroid dienone is 1. The Kier molecular flexibility index (Phi) is 3.56. The second kappa shape index (κ2) is 4.80. The van der Waals surface area contributed by atoms with Gasteiger partial charge >= 0.3 is 6.03 Å². The molecule has 2 amide bonds. The van der Waals surface area contributed by atoms with Crippen LogP contribution in [0.25, 0.3) is 0 Å². The number of hydrogen-bond donors (Lipinski definition) is 3. The Morgan fingerprint density at radius 2 is 2.41 bits per heavy atom. The lowest BCUT2D eigenvalue weighted by molar-refractivity contribution is 0.244. The molecule has 4 N–H and O–H groups in total. The Bertz CT molecular complexity index is 334. The molecule has 0 aliphatic carbocycles. The van der Waals surface area contributed by atoms with E-state index in [1.54, 1.807) is 0 Å². The molecule has 0 saturated carbocycles. The number of urea groups is 1. The maximum Gasteiger partial charge on any atom is 0.315 e. The number of thioether (sulfide) groups is 1. The van der Waals surface area contributed by atoms with Gasteiger partial charge in [0.25, 0.3) is 0 Å². The Morgan fingerprint density at radius 1 is 1.65 bits per heavy atom. The zero-order valence-electron chi connectivity index (χ0n) is 10.3. The van der Waals surface area contributed by atoms with Gasteiger partial charge in [0, 0.05) is 16.7 Å². The molecule has 17 heavy (non-hydrogen) atoms. The summed E-state index contributed by atoms with van der Waals surface area (Å²) in [6.45, 7) is 5.86. The Labute approximate surface area is 107 Å². The smallest absolute Gasteiger partial charge is 0.315 e. The van der Waals surface area contributed by atoms with Crippen molar-refractivity contribution in [2.45, 2.75) is 49.4 Å². The Morgan fingerprint density at radius 3 is 3.12 bits per heavy atom. The van der Waals surface area contributed by atoms with Gasteiger partial charge in [-0.3, -0.25) is 0 Å². The molecule has 96 valence electrons. The molecule has 3 atom stereocenters. The number of hydrogen-bond acceptors (Lipinski definition) is 3. The standard InChI is InChI=1S/C12H21N3OS/c1-8(13)5-3-4-6-10-12(2)9(7-17-10)14-11(16)15-12/h9-10H,1,3-7,13H2,2H3,(H2,14,15,16)/t9-,10+,12-/m0/s1. The van der Waals surface area contributed by atoms with Gasteiger partial charge < -0.3 is 16.4 Å². The minimum absolute atomic E-state index is 0.0156. The van der Waals surface area contributed by atoms with E-state index in [4.69, 9.17) is 5.73 Å². The molecule has 0 unspecified atom stereocenters. The summed E-state index contributed by atoms with van der Waals surface area (Å²) in [5, 5.41) is 6.58. The van der Waals surface area contributed by atoms with Crippen LogP contribution in [0.1, 0.15) is 32.6 Å². The lowest BCUT2D eigenvalue weighted by atomic mass is 9.88. The highest BCUT2D eigenvalue weighted by Crippen LogP contribution is 2.40. The number of unbranched alkanes of at least 4 members (excludes halogenated alkanes) is 1. The number of fused-ring (bicyclic) bond motifs is 1. The van der Waals surface area contributed by atoms with Crippen molar-refractivity contribution < 1.29 is 4.79 Å². The highest BCUT2D eigenvalue weighted by Gasteiger charge is 2.52. The van der Waals surface area contributed by atoms with Gasteiger partial charge in [0.15, 0.2) is 0 Å². The molecule has 0 bridgehead atoms. The van der Waals surface area contributed by atoms with Crippen molar-refractivity contribution in [1.29, 1.82) is 0 Å². The van der Waals surface area contributed by atoms with Crippen LogP contribution in [0.3, 0.4) is 0 Å². The number of carbonyl (C=O) groups excluding carboxylic acids is 1. The molecule has 2 aliphatic heterocycles. The van der Waals surface area contributed by atoms with E-state index >= 15 is 0 Å². The van der Waals surface area contributed by atoms with Gasteiger partial charge in [-0.2, -0.15) is 11.8 Å². The highest BCUT2D eigenvalue weighted by molar-refractivity contribution is 8.00. The van der Waals surface area contributed by atoms with Crippen LogP contribution in [0.4, 0.5) is 4.79 Å². The largest absolute Gasteiger partial charge is 0.403 e. The summed E-state index contributed by atoms with van der Waals surface area (Å²) in [6, 6.07) is 0.271. The zero-order chi connectivity index (χ0) is 12.5. The molecule has 0 aromatic rings. The van der Waals surface area contributed by atoms with Crippen molar-refractivity contribution >= 4 is 17.8 Å². The van der Waals surface area contributed by atoms with Crippen molar-refractivity contribution in [2.75, 3.05) is 5.75 Å². The monoisotopic (exact) mass is 255 g/mol. The summed E-state index contributed by atoms with van der Waals surface area (Å²) in [5.41, 5.74) is 6.25. The van der Waals surface area contributed by atoms with Gasteiger partial charge in [0.05, 0.1) is 11.6 Å². The highest BCUT2D eigenvalue weighted by atomic mass is 32.2. The van der Waals surface area contributed by atoms with E-state index in [1.807, 2.05) is 11.8 Å². The van der Waals surface area contributed by atoms with Crippen LogP contribution >= 0.6 is 11.8 Å². The van der Waals surface area contributed by atoms with Crippen LogP contribution in [0.5, 0.6) is 0 Å². The molecule has 5 heteroatoms. The normalized spacial score (nSPS) is 35.2. The van der Waals surface area contributed by atoms with Crippen molar-refractivity contribution in [3.8, 4) is 0 Å². The first-order valence-electron chi connectivity index (χ1n) is 6.16. The van der Waals surface area contributed by atoms with Gasteiger partial charge in [-0.1, -0.05) is 13.0 Å². The van der Waals surface area contributed by atoms with E-state index in [9.17, 15) is 4.79 Å². The van der Waals surface area contributed by atoms with E-state index in [0.29, 0.717) is 5.25 Å². The van der Waals surface area contributed by atoms with Crippen LogP contribution in [0, 0.1) is 0 Å². The van der Waals surface area contributed by atoms with Crippen molar-refractivity contribution in [1.82, 2.24) is 10.6 Å². The van der Waals surface area contributed by atoms with Crippen molar-refractivity contribution in [2.24, 2.45) is 5.73 Å². The van der Waals surface area contributed by atoms with E-state index in [2.05, 4.69) is 24.1 Å². The molecular formula is C12H21N3OS. The third-order valence-corrected chi connectivity index (χ3v) is 5.41. The topological polar surface area (TPSA) is 67.1 Å². The summed E-state index contributed by atoms with van der Waals surface area (Å²) in [4.78, 5) is 11.4. The average molecular weight is 255 g/mol. The number of nitrogens with two attached hydrogens (primary N) is 1. The fraction of sp³-hybridized carbons (Fsp3) is 0.750. The predicted octanol–water partition coefficient (Wildman–Crippen LogP) is 1.57. The third kappa shape index (κ3) is 2.54. The van der Waals surface area contributed by atoms with E-state index < -0.39 is 0 Å². The summed E-state index contributed by atoms with van der Waals surface area (Å²) in [5.74, 6) is 1.02. The number of nitrogens with one attached hydrogen (secondary N) is 2. The second-order valence-corrected chi connectivity index (χ2v) is 6.40. The van der Waals surface area contributed by atoms with Gasteiger partial charge in [0.2, 0.25) is 0 Å². The minimum Gasteiger partial charge on any atom is -0.403 e. The van der Waals surface area contributed by atoms with E-state index in [0.717, 1.165) is 37.1 Å². The Balaban J connectivity index is 1.82. The molecule has 2 aliphatic rings. The SMILES string of the molecule is C=C(N)CCCC[C@H]1SC[C@@H]2NC(=O)N[C@@]21C. The fourth-order valence-electron chi connectivity index (χ4n) is 2.65. The molecule has 0 radical (unpaired) electrons. The van der Waals surface area contributed by atoms with E-state index in [-0.39, 0.29) is 17.6 Å². The lowest BCUT2D eigenvalue weighted by Gasteiger charge is -2.29.